The van der Waals surface area contributed by atoms with Gasteiger partial charge in [-0.15, -0.1) is 0 Å². The molecule has 1 saturated carbocycles. The quantitative estimate of drug-likeness (QED) is 0.749. The molecule has 1 aromatic carbocycles. The standard InChI is InChI=1S/C13H13N3O3/c17-11(7-2-1-3-7)14-8-4-5-9-10(6-8)13(19)16-15-12(9)18/h4-7H,1-3H2,(H,14,17)(H,15,18)(H,16,19). The van der Waals surface area contributed by atoms with E-state index in [1.165, 1.54) is 6.07 Å². The molecular formula is C13H13N3O3. The van der Waals surface area contributed by atoms with Gasteiger partial charge >= 0.3 is 0 Å². The number of rotatable bonds is 2. The predicted octanol–water partition coefficient (Wildman–Crippen LogP) is 0.955. The minimum atomic E-state index is -0.380. The first-order valence-electron chi connectivity index (χ1n) is 6.21. The summed E-state index contributed by atoms with van der Waals surface area (Å²) in [4.78, 5) is 35.0. The molecule has 1 aliphatic rings. The highest BCUT2D eigenvalue weighted by Crippen LogP contribution is 2.27. The van der Waals surface area contributed by atoms with Crippen molar-refractivity contribution in [2.75, 3.05) is 5.32 Å². The lowest BCUT2D eigenvalue weighted by atomic mass is 9.85. The van der Waals surface area contributed by atoms with Crippen LogP contribution < -0.4 is 16.4 Å². The molecule has 1 amide bonds. The molecule has 0 spiro atoms. The van der Waals surface area contributed by atoms with Gasteiger partial charge in [-0.25, -0.2) is 0 Å². The van der Waals surface area contributed by atoms with Crippen LogP contribution in [0.15, 0.2) is 27.8 Å². The van der Waals surface area contributed by atoms with Crippen molar-refractivity contribution in [3.05, 3.63) is 38.9 Å². The minimum Gasteiger partial charge on any atom is -0.326 e. The Kier molecular flexibility index (Phi) is 2.70. The molecule has 0 atom stereocenters. The van der Waals surface area contributed by atoms with Gasteiger partial charge in [0.2, 0.25) is 5.91 Å². The number of amides is 1. The van der Waals surface area contributed by atoms with E-state index < -0.39 is 0 Å². The van der Waals surface area contributed by atoms with Crippen molar-refractivity contribution in [2.24, 2.45) is 5.92 Å². The van der Waals surface area contributed by atoms with Gasteiger partial charge in [-0.1, -0.05) is 6.42 Å². The molecule has 2 aromatic rings. The van der Waals surface area contributed by atoms with Crippen LogP contribution in [0, 0.1) is 5.92 Å². The van der Waals surface area contributed by atoms with Crippen LogP contribution >= 0.6 is 0 Å². The third-order valence-electron chi connectivity index (χ3n) is 3.54. The highest BCUT2D eigenvalue weighted by atomic mass is 16.2. The number of aromatic nitrogens is 2. The van der Waals surface area contributed by atoms with Gasteiger partial charge in [-0.3, -0.25) is 24.6 Å². The van der Waals surface area contributed by atoms with Gasteiger partial charge in [0.15, 0.2) is 0 Å². The summed E-state index contributed by atoms with van der Waals surface area (Å²) in [5.41, 5.74) is -0.193. The first kappa shape index (κ1) is 11.7. The summed E-state index contributed by atoms with van der Waals surface area (Å²) in [5.74, 6) is 0.0556. The largest absolute Gasteiger partial charge is 0.326 e. The highest BCUT2D eigenvalue weighted by Gasteiger charge is 2.25. The number of benzene rings is 1. The first-order valence-corrected chi connectivity index (χ1v) is 6.21. The Hall–Kier alpha value is -2.37. The number of anilines is 1. The molecule has 6 heteroatoms. The Morgan fingerprint density at radius 1 is 1.11 bits per heavy atom. The van der Waals surface area contributed by atoms with Gasteiger partial charge in [0.05, 0.1) is 10.8 Å². The third-order valence-corrected chi connectivity index (χ3v) is 3.54. The molecule has 1 heterocycles. The van der Waals surface area contributed by atoms with Crippen molar-refractivity contribution in [1.82, 2.24) is 10.2 Å². The maximum absolute atomic E-state index is 11.8. The Balaban J connectivity index is 1.97. The number of H-pyrrole nitrogens is 2. The zero-order valence-electron chi connectivity index (χ0n) is 10.2. The predicted molar refractivity (Wildman–Crippen MR) is 71.2 cm³/mol. The SMILES string of the molecule is O=C(Nc1ccc2c(=O)[nH][nH]c(=O)c2c1)C1CCC1. The fourth-order valence-corrected chi connectivity index (χ4v) is 2.17. The molecule has 3 rings (SSSR count). The summed E-state index contributed by atoms with van der Waals surface area (Å²) in [5, 5.41) is 7.88. The van der Waals surface area contributed by atoms with Crippen LogP contribution in [0.25, 0.3) is 10.8 Å². The van der Waals surface area contributed by atoms with E-state index in [1.54, 1.807) is 12.1 Å². The lowest BCUT2D eigenvalue weighted by molar-refractivity contribution is -0.122. The Bertz CT molecular complexity index is 756. The lowest BCUT2D eigenvalue weighted by Gasteiger charge is -2.24. The van der Waals surface area contributed by atoms with E-state index in [4.69, 9.17) is 0 Å². The molecule has 3 N–H and O–H groups in total. The van der Waals surface area contributed by atoms with Crippen molar-refractivity contribution >= 4 is 22.4 Å². The van der Waals surface area contributed by atoms with Crippen LogP contribution in [0.1, 0.15) is 19.3 Å². The zero-order chi connectivity index (χ0) is 13.4. The third kappa shape index (κ3) is 2.05. The minimum absolute atomic E-state index is 0.0214. The molecule has 1 aliphatic carbocycles. The van der Waals surface area contributed by atoms with E-state index in [1.807, 2.05) is 0 Å². The molecule has 1 aromatic heterocycles. The maximum atomic E-state index is 11.8. The number of aromatic amines is 2. The number of carbonyl (C=O) groups is 1. The summed E-state index contributed by atoms with van der Waals surface area (Å²) in [6.45, 7) is 0. The van der Waals surface area contributed by atoms with E-state index in [0.717, 1.165) is 19.3 Å². The zero-order valence-corrected chi connectivity index (χ0v) is 10.2. The topological polar surface area (TPSA) is 94.8 Å². The smallest absolute Gasteiger partial charge is 0.270 e. The molecule has 19 heavy (non-hydrogen) atoms. The number of carbonyl (C=O) groups excluding carboxylic acids is 1. The van der Waals surface area contributed by atoms with Crippen molar-refractivity contribution in [3.63, 3.8) is 0 Å². The maximum Gasteiger partial charge on any atom is 0.270 e. The van der Waals surface area contributed by atoms with Crippen LogP contribution in [0.2, 0.25) is 0 Å². The second kappa shape index (κ2) is 4.38. The van der Waals surface area contributed by atoms with Crippen molar-refractivity contribution in [3.8, 4) is 0 Å². The second-order valence-electron chi connectivity index (χ2n) is 4.79. The number of fused-ring (bicyclic) bond motifs is 1. The van der Waals surface area contributed by atoms with Gasteiger partial charge < -0.3 is 5.32 Å². The van der Waals surface area contributed by atoms with Gasteiger partial charge in [0.1, 0.15) is 0 Å². The number of hydrogen-bond acceptors (Lipinski definition) is 3. The first-order chi connectivity index (χ1) is 9.15. The Morgan fingerprint density at radius 3 is 2.42 bits per heavy atom. The monoisotopic (exact) mass is 259 g/mol. The fraction of sp³-hybridized carbons (Fsp3) is 0.308. The van der Waals surface area contributed by atoms with Crippen molar-refractivity contribution < 1.29 is 4.79 Å². The van der Waals surface area contributed by atoms with Gasteiger partial charge in [0, 0.05) is 11.6 Å². The molecule has 98 valence electrons. The summed E-state index contributed by atoms with van der Waals surface area (Å²) in [6.07, 6.45) is 2.92. The lowest BCUT2D eigenvalue weighted by Crippen LogP contribution is -2.28. The average Bonchev–Trinajstić information content (AvgIpc) is 2.32. The molecule has 6 nitrogen and oxygen atoms in total. The van der Waals surface area contributed by atoms with Crippen molar-refractivity contribution in [2.45, 2.75) is 19.3 Å². The average molecular weight is 259 g/mol. The van der Waals surface area contributed by atoms with Crippen LogP contribution in [0.5, 0.6) is 0 Å². The van der Waals surface area contributed by atoms with E-state index in [2.05, 4.69) is 15.5 Å². The van der Waals surface area contributed by atoms with Crippen LogP contribution in [-0.2, 0) is 4.79 Å². The molecule has 1 fully saturated rings. The number of hydrogen-bond donors (Lipinski definition) is 3. The molecule has 0 unspecified atom stereocenters. The Morgan fingerprint density at radius 2 is 1.79 bits per heavy atom. The van der Waals surface area contributed by atoms with E-state index in [0.29, 0.717) is 11.1 Å². The van der Waals surface area contributed by atoms with Gasteiger partial charge in [-0.05, 0) is 31.0 Å². The van der Waals surface area contributed by atoms with Gasteiger partial charge in [0.25, 0.3) is 11.1 Å². The summed E-state index contributed by atoms with van der Waals surface area (Å²) in [6, 6.07) is 4.70. The molecule has 0 radical (unpaired) electrons. The van der Waals surface area contributed by atoms with Crippen LogP contribution in [-0.4, -0.2) is 16.1 Å². The van der Waals surface area contributed by atoms with E-state index in [9.17, 15) is 14.4 Å². The Labute approximate surface area is 107 Å². The van der Waals surface area contributed by atoms with Crippen LogP contribution in [0.3, 0.4) is 0 Å². The normalized spacial score (nSPS) is 15.2. The summed E-state index contributed by atoms with van der Waals surface area (Å²) < 4.78 is 0. The van der Waals surface area contributed by atoms with Gasteiger partial charge in [-0.2, -0.15) is 0 Å². The highest BCUT2D eigenvalue weighted by molar-refractivity contribution is 5.95. The molecule has 0 aliphatic heterocycles. The molecule has 0 bridgehead atoms. The number of nitrogens with one attached hydrogen (secondary N) is 3. The fourth-order valence-electron chi connectivity index (χ4n) is 2.17. The summed E-state index contributed by atoms with van der Waals surface area (Å²) >= 11 is 0. The van der Waals surface area contributed by atoms with Crippen molar-refractivity contribution in [1.29, 1.82) is 0 Å². The van der Waals surface area contributed by atoms with E-state index >= 15 is 0 Å². The molecular weight excluding hydrogens is 246 g/mol. The van der Waals surface area contributed by atoms with Crippen LogP contribution in [0.4, 0.5) is 5.69 Å². The molecule has 0 saturated heterocycles. The summed E-state index contributed by atoms with van der Waals surface area (Å²) in [7, 11) is 0. The second-order valence-corrected chi connectivity index (χ2v) is 4.79. The van der Waals surface area contributed by atoms with E-state index in [-0.39, 0.29) is 28.3 Å².